The molecule has 0 heterocycles. The van der Waals surface area contributed by atoms with Gasteiger partial charge in [0.15, 0.2) is 0 Å². The first-order valence-electron chi connectivity index (χ1n) is 10.8. The number of allylic oxidation sites excluding steroid dienone is 2. The van der Waals surface area contributed by atoms with E-state index < -0.39 is 0 Å². The molecule has 0 amide bonds. The van der Waals surface area contributed by atoms with Crippen LogP contribution in [0.4, 0.5) is 11.4 Å². The number of aryl methyl sites for hydroxylation is 1. The molecule has 0 atom stereocenters. The summed E-state index contributed by atoms with van der Waals surface area (Å²) in [4.78, 5) is 4.27. The van der Waals surface area contributed by atoms with Gasteiger partial charge in [-0.1, -0.05) is 55.8 Å². The highest BCUT2D eigenvalue weighted by atomic mass is 16.3. The van der Waals surface area contributed by atoms with E-state index in [1.807, 2.05) is 6.07 Å². The molecule has 0 aliphatic heterocycles. The second kappa shape index (κ2) is 10.9. The van der Waals surface area contributed by atoms with Crippen LogP contribution in [0.3, 0.4) is 0 Å². The fourth-order valence-electron chi connectivity index (χ4n) is 4.38. The number of hydrogen-bond donors (Lipinski definition) is 4. The molecule has 2 aromatic carbocycles. The van der Waals surface area contributed by atoms with E-state index in [1.165, 1.54) is 17.4 Å². The molecule has 0 unspecified atom stereocenters. The topological polar surface area (TPSA) is 103 Å². The molecule has 1 aliphatic carbocycles. The SMILES string of the molecule is C=Nc1cc(N)c(C=N)cc1/C(=C(/C(C)C)C1CC(C(=C)O)C1)c1ccc(C)cc1.CO. The normalized spacial score (nSPS) is 18.1. The number of aliphatic imine (C=N–C) groups is 1. The maximum atomic E-state index is 9.82. The number of nitrogen functional groups attached to an aromatic ring is 1. The van der Waals surface area contributed by atoms with Crippen molar-refractivity contribution >= 4 is 29.9 Å². The number of benzene rings is 2. The Hall–Kier alpha value is -3.18. The predicted molar refractivity (Wildman–Crippen MR) is 136 cm³/mol. The molecule has 2 aromatic rings. The zero-order chi connectivity index (χ0) is 24.0. The third kappa shape index (κ3) is 5.17. The predicted octanol–water partition coefficient (Wildman–Crippen LogP) is 6.07. The summed E-state index contributed by atoms with van der Waals surface area (Å²) in [5.74, 6) is 1.09. The molecule has 5 nitrogen and oxygen atoms in total. The van der Waals surface area contributed by atoms with Crippen molar-refractivity contribution in [3.63, 3.8) is 0 Å². The maximum absolute atomic E-state index is 9.82. The van der Waals surface area contributed by atoms with E-state index in [9.17, 15) is 5.11 Å². The van der Waals surface area contributed by atoms with Gasteiger partial charge in [0.2, 0.25) is 0 Å². The van der Waals surface area contributed by atoms with Gasteiger partial charge < -0.3 is 21.4 Å². The minimum Gasteiger partial charge on any atom is -0.513 e. The van der Waals surface area contributed by atoms with Crippen LogP contribution in [0.25, 0.3) is 5.57 Å². The van der Waals surface area contributed by atoms with Crippen molar-refractivity contribution in [3.05, 3.63) is 76.6 Å². The summed E-state index contributed by atoms with van der Waals surface area (Å²) < 4.78 is 0. The van der Waals surface area contributed by atoms with Crippen LogP contribution in [0.15, 0.2) is 59.3 Å². The van der Waals surface area contributed by atoms with Crippen LogP contribution >= 0.6 is 0 Å². The lowest BCUT2D eigenvalue weighted by Crippen LogP contribution is -2.29. The van der Waals surface area contributed by atoms with Gasteiger partial charge in [0, 0.05) is 36.1 Å². The molecule has 0 bridgehead atoms. The van der Waals surface area contributed by atoms with Gasteiger partial charge in [-0.2, -0.15) is 0 Å². The zero-order valence-corrected chi connectivity index (χ0v) is 19.5. The second-order valence-corrected chi connectivity index (χ2v) is 8.51. The van der Waals surface area contributed by atoms with Crippen LogP contribution in [0.1, 0.15) is 48.9 Å². The molecule has 0 radical (unpaired) electrons. The lowest BCUT2D eigenvalue weighted by molar-refractivity contribution is 0.187. The van der Waals surface area contributed by atoms with Gasteiger partial charge in [-0.3, -0.25) is 4.99 Å². The van der Waals surface area contributed by atoms with Crippen LogP contribution in [-0.4, -0.2) is 30.3 Å². The molecule has 32 heavy (non-hydrogen) atoms. The summed E-state index contributed by atoms with van der Waals surface area (Å²) in [6.45, 7) is 14.0. The highest BCUT2D eigenvalue weighted by molar-refractivity contribution is 5.94. The van der Waals surface area contributed by atoms with E-state index in [4.69, 9.17) is 16.2 Å². The fourth-order valence-corrected chi connectivity index (χ4v) is 4.38. The average molecular weight is 434 g/mol. The lowest BCUT2D eigenvalue weighted by atomic mass is 9.65. The Bertz CT molecular complexity index is 1010. The molecule has 5 heteroatoms. The van der Waals surface area contributed by atoms with E-state index in [0.29, 0.717) is 28.8 Å². The Balaban J connectivity index is 0.00000176. The second-order valence-electron chi connectivity index (χ2n) is 8.51. The van der Waals surface area contributed by atoms with E-state index in [0.717, 1.165) is 36.7 Å². The Morgan fingerprint density at radius 2 is 1.75 bits per heavy atom. The Kier molecular flexibility index (Phi) is 8.56. The highest BCUT2D eigenvalue weighted by Gasteiger charge is 2.36. The van der Waals surface area contributed by atoms with Gasteiger partial charge in [-0.25, -0.2) is 0 Å². The van der Waals surface area contributed by atoms with Crippen LogP contribution in [-0.2, 0) is 0 Å². The first-order chi connectivity index (χ1) is 15.3. The van der Waals surface area contributed by atoms with Gasteiger partial charge in [0.1, 0.15) is 0 Å². The van der Waals surface area contributed by atoms with Gasteiger partial charge in [-0.15, -0.1) is 0 Å². The third-order valence-corrected chi connectivity index (χ3v) is 6.10. The summed E-state index contributed by atoms with van der Waals surface area (Å²) >= 11 is 0. The summed E-state index contributed by atoms with van der Waals surface area (Å²) in [7, 11) is 1.00. The summed E-state index contributed by atoms with van der Waals surface area (Å²) in [5.41, 5.74) is 13.7. The van der Waals surface area contributed by atoms with Crippen molar-refractivity contribution in [2.24, 2.45) is 22.7 Å². The molecule has 170 valence electrons. The number of nitrogens with zero attached hydrogens (tertiary/aromatic N) is 1. The van der Waals surface area contributed by atoms with Crippen molar-refractivity contribution < 1.29 is 10.2 Å². The number of nitrogens with one attached hydrogen (secondary N) is 1. The number of hydrogen-bond acceptors (Lipinski definition) is 5. The first kappa shape index (κ1) is 25.1. The number of nitrogens with two attached hydrogens (primary N) is 1. The van der Waals surface area contributed by atoms with Gasteiger partial charge >= 0.3 is 0 Å². The average Bonchev–Trinajstić information content (AvgIpc) is 2.74. The monoisotopic (exact) mass is 433 g/mol. The van der Waals surface area contributed by atoms with Crippen LogP contribution < -0.4 is 5.73 Å². The molecule has 0 saturated heterocycles. The van der Waals surface area contributed by atoms with Crippen LogP contribution in [0.5, 0.6) is 0 Å². The lowest BCUT2D eigenvalue weighted by Gasteiger charge is -2.39. The molecule has 1 fully saturated rings. The van der Waals surface area contributed by atoms with Crippen LogP contribution in [0, 0.1) is 30.1 Å². The van der Waals surface area contributed by atoms with Crippen LogP contribution in [0.2, 0.25) is 0 Å². The van der Waals surface area contributed by atoms with E-state index in [2.05, 4.69) is 63.3 Å². The Labute approximate surface area is 191 Å². The molecule has 3 rings (SSSR count). The molecular formula is C27H35N3O2. The zero-order valence-electron chi connectivity index (χ0n) is 19.5. The quantitative estimate of drug-likeness (QED) is 0.242. The Morgan fingerprint density at radius 1 is 1.16 bits per heavy atom. The van der Waals surface area contributed by atoms with E-state index in [-0.39, 0.29) is 11.7 Å². The minimum absolute atomic E-state index is 0.156. The summed E-state index contributed by atoms with van der Waals surface area (Å²) in [5, 5.41) is 24.6. The minimum atomic E-state index is 0.156. The number of rotatable bonds is 7. The van der Waals surface area contributed by atoms with Crippen molar-refractivity contribution in [2.75, 3.05) is 12.8 Å². The number of anilines is 1. The third-order valence-electron chi connectivity index (χ3n) is 6.10. The Morgan fingerprint density at radius 3 is 2.22 bits per heavy atom. The van der Waals surface area contributed by atoms with Gasteiger partial charge in [-0.05, 0) is 61.6 Å². The van der Waals surface area contributed by atoms with Crippen molar-refractivity contribution in [1.29, 1.82) is 5.41 Å². The summed E-state index contributed by atoms with van der Waals surface area (Å²) in [6, 6.07) is 12.3. The molecule has 0 aromatic heterocycles. The fraction of sp³-hybridized carbons (Fsp3) is 0.333. The van der Waals surface area contributed by atoms with E-state index in [1.54, 1.807) is 6.07 Å². The molecular weight excluding hydrogens is 398 g/mol. The number of aliphatic hydroxyl groups excluding tert-OH is 2. The summed E-state index contributed by atoms with van der Waals surface area (Å²) in [6.07, 6.45) is 3.06. The van der Waals surface area contributed by atoms with Crippen molar-refractivity contribution in [1.82, 2.24) is 0 Å². The van der Waals surface area contributed by atoms with Crippen molar-refractivity contribution in [3.8, 4) is 0 Å². The smallest absolute Gasteiger partial charge is 0.0882 e. The molecule has 1 saturated carbocycles. The van der Waals surface area contributed by atoms with Gasteiger partial charge in [0.25, 0.3) is 0 Å². The molecule has 0 spiro atoms. The van der Waals surface area contributed by atoms with Gasteiger partial charge in [0.05, 0.1) is 11.4 Å². The molecule has 5 N–H and O–H groups in total. The van der Waals surface area contributed by atoms with E-state index >= 15 is 0 Å². The maximum Gasteiger partial charge on any atom is 0.0882 e. The van der Waals surface area contributed by atoms with Crippen molar-refractivity contribution in [2.45, 2.75) is 33.6 Å². The number of aliphatic hydroxyl groups is 2. The first-order valence-corrected chi connectivity index (χ1v) is 10.8. The standard InChI is InChI=1S/C26H31N3O.CH4O/c1-15(2)25(20-10-19(11-20)17(4)30)26(18-8-6-16(3)7-9-18)22-12-21(14-27)23(28)13-24(22)29-5;1-2/h6-9,12-15,19-20,27,30H,4-5,10-11,28H2,1-3H3;2H,1H3/b26-25-,27-14?;. The highest BCUT2D eigenvalue weighted by Crippen LogP contribution is 2.49. The molecule has 1 aliphatic rings. The largest absolute Gasteiger partial charge is 0.513 e.